The Balaban J connectivity index is 0.00000341. The number of carbonyl (C=O) groups excluding carboxylic acids is 1. The van der Waals surface area contributed by atoms with Gasteiger partial charge in [0.2, 0.25) is 11.9 Å². The van der Waals surface area contributed by atoms with Crippen LogP contribution in [0, 0.1) is 5.92 Å². The second kappa shape index (κ2) is 13.7. The monoisotopic (exact) mass is 544 g/mol. The Bertz CT molecular complexity index is 673. The Hall–Kier alpha value is -1.69. The molecular weight excluding hydrogens is 507 g/mol. The lowest BCUT2D eigenvalue weighted by atomic mass is 9.96. The van der Waals surface area contributed by atoms with E-state index in [9.17, 15) is 4.79 Å². The highest BCUT2D eigenvalue weighted by Gasteiger charge is 2.23. The van der Waals surface area contributed by atoms with Crippen molar-refractivity contribution in [3.8, 4) is 0 Å². The molecular formula is C21H37IN8O. The molecule has 9 nitrogen and oxygen atoms in total. The Kier molecular flexibility index (Phi) is 11.3. The number of carbonyl (C=O) groups is 1. The van der Waals surface area contributed by atoms with E-state index in [1.807, 2.05) is 6.07 Å². The van der Waals surface area contributed by atoms with Crippen LogP contribution in [0.5, 0.6) is 0 Å². The first kappa shape index (κ1) is 25.6. The molecule has 0 unspecified atom stereocenters. The van der Waals surface area contributed by atoms with Crippen LogP contribution in [0.4, 0.5) is 5.95 Å². The van der Waals surface area contributed by atoms with E-state index in [0.717, 1.165) is 96.5 Å². The lowest BCUT2D eigenvalue weighted by Crippen LogP contribution is -2.53. The van der Waals surface area contributed by atoms with E-state index in [1.165, 1.54) is 0 Å². The predicted molar refractivity (Wildman–Crippen MR) is 135 cm³/mol. The average Bonchev–Trinajstić information content (AvgIpc) is 2.79. The van der Waals surface area contributed by atoms with E-state index in [2.05, 4.69) is 36.9 Å². The summed E-state index contributed by atoms with van der Waals surface area (Å²) in [7, 11) is 0. The summed E-state index contributed by atoms with van der Waals surface area (Å²) in [6.45, 7) is 10.5. The summed E-state index contributed by atoms with van der Waals surface area (Å²) < 4.78 is 0. The molecule has 10 heteroatoms. The van der Waals surface area contributed by atoms with Crippen LogP contribution in [0.15, 0.2) is 23.5 Å². The SMILES string of the molecule is CCNC(=NCCCCN1CCC(C(N)=O)CC1)N1CCN(c2ncccn2)CC1.I. The van der Waals surface area contributed by atoms with Gasteiger partial charge < -0.3 is 25.8 Å². The summed E-state index contributed by atoms with van der Waals surface area (Å²) in [5.74, 6) is 1.74. The van der Waals surface area contributed by atoms with Crippen molar-refractivity contribution in [2.24, 2.45) is 16.6 Å². The highest BCUT2D eigenvalue weighted by molar-refractivity contribution is 14.0. The molecule has 2 saturated heterocycles. The lowest BCUT2D eigenvalue weighted by Gasteiger charge is -2.36. The largest absolute Gasteiger partial charge is 0.369 e. The zero-order valence-electron chi connectivity index (χ0n) is 18.6. The number of amides is 1. The first-order valence-corrected chi connectivity index (χ1v) is 11.2. The van der Waals surface area contributed by atoms with E-state index < -0.39 is 0 Å². The number of anilines is 1. The van der Waals surface area contributed by atoms with Crippen LogP contribution in [0.2, 0.25) is 0 Å². The quantitative estimate of drug-likeness (QED) is 0.219. The van der Waals surface area contributed by atoms with Crippen molar-refractivity contribution in [2.45, 2.75) is 32.6 Å². The van der Waals surface area contributed by atoms with Crippen molar-refractivity contribution in [3.05, 3.63) is 18.5 Å². The van der Waals surface area contributed by atoms with Gasteiger partial charge in [0, 0.05) is 57.6 Å². The zero-order valence-corrected chi connectivity index (χ0v) is 20.9. The van der Waals surface area contributed by atoms with Gasteiger partial charge in [-0.1, -0.05) is 0 Å². The summed E-state index contributed by atoms with van der Waals surface area (Å²) in [6, 6.07) is 1.85. The summed E-state index contributed by atoms with van der Waals surface area (Å²) >= 11 is 0. The molecule has 0 aromatic carbocycles. The molecule has 2 aliphatic heterocycles. The minimum atomic E-state index is -0.142. The number of likely N-dealkylation sites (tertiary alicyclic amines) is 1. The number of guanidine groups is 1. The lowest BCUT2D eigenvalue weighted by molar-refractivity contribution is -0.123. The molecule has 1 aromatic heterocycles. The molecule has 1 amide bonds. The molecule has 3 rings (SSSR count). The van der Waals surface area contributed by atoms with E-state index in [1.54, 1.807) is 12.4 Å². The topological polar surface area (TPSA) is 103 Å². The van der Waals surface area contributed by atoms with Gasteiger partial charge in [0.15, 0.2) is 5.96 Å². The molecule has 3 N–H and O–H groups in total. The normalized spacial score (nSPS) is 18.5. The van der Waals surface area contributed by atoms with Crippen molar-refractivity contribution in [2.75, 3.05) is 63.8 Å². The molecule has 174 valence electrons. The first-order valence-electron chi connectivity index (χ1n) is 11.2. The van der Waals surface area contributed by atoms with Crippen LogP contribution in [0.25, 0.3) is 0 Å². The molecule has 1 aromatic rings. The molecule has 0 saturated carbocycles. The third kappa shape index (κ3) is 8.06. The van der Waals surface area contributed by atoms with E-state index >= 15 is 0 Å². The second-order valence-electron chi connectivity index (χ2n) is 7.98. The van der Waals surface area contributed by atoms with Crippen LogP contribution in [-0.4, -0.2) is 90.5 Å². The van der Waals surface area contributed by atoms with Gasteiger partial charge in [-0.3, -0.25) is 9.79 Å². The van der Waals surface area contributed by atoms with Gasteiger partial charge in [0.1, 0.15) is 0 Å². The number of nitrogens with one attached hydrogen (secondary N) is 1. The third-order valence-corrected chi connectivity index (χ3v) is 5.88. The van der Waals surface area contributed by atoms with Gasteiger partial charge in [0.25, 0.3) is 0 Å². The van der Waals surface area contributed by atoms with Gasteiger partial charge in [-0.2, -0.15) is 0 Å². The van der Waals surface area contributed by atoms with Crippen molar-refractivity contribution in [3.63, 3.8) is 0 Å². The first-order chi connectivity index (χ1) is 14.7. The van der Waals surface area contributed by atoms with E-state index in [-0.39, 0.29) is 35.8 Å². The maximum Gasteiger partial charge on any atom is 0.225 e. The minimum absolute atomic E-state index is 0. The molecule has 0 bridgehead atoms. The standard InChI is InChI=1S/C21H36N8O.HI/c1-2-23-20(28-14-16-29(17-15-28)21-25-9-5-10-26-21)24-8-3-4-11-27-12-6-18(7-13-27)19(22)30;/h5,9-10,18H,2-4,6-8,11-17H2,1H3,(H2,22,30)(H,23,24);1H. The number of unbranched alkanes of at least 4 members (excludes halogenated alkanes) is 1. The number of hydrogen-bond acceptors (Lipinski definition) is 6. The fourth-order valence-electron chi connectivity index (χ4n) is 4.07. The minimum Gasteiger partial charge on any atom is -0.369 e. The van der Waals surface area contributed by atoms with Gasteiger partial charge in [-0.25, -0.2) is 9.97 Å². The number of aliphatic imine (C=N–C) groups is 1. The summed E-state index contributed by atoms with van der Waals surface area (Å²) in [5.41, 5.74) is 5.41. The second-order valence-corrected chi connectivity index (χ2v) is 7.98. The highest BCUT2D eigenvalue weighted by Crippen LogP contribution is 2.17. The Morgan fingerprint density at radius 1 is 1.13 bits per heavy atom. The highest BCUT2D eigenvalue weighted by atomic mass is 127. The molecule has 31 heavy (non-hydrogen) atoms. The number of hydrogen-bond donors (Lipinski definition) is 2. The smallest absolute Gasteiger partial charge is 0.225 e. The molecule has 3 heterocycles. The number of piperazine rings is 1. The van der Waals surface area contributed by atoms with Gasteiger partial charge in [-0.05, 0) is 58.3 Å². The Morgan fingerprint density at radius 2 is 1.81 bits per heavy atom. The predicted octanol–water partition coefficient (Wildman–Crippen LogP) is 1.16. The molecule has 2 aliphatic rings. The average molecular weight is 544 g/mol. The van der Waals surface area contributed by atoms with Crippen LogP contribution in [0.1, 0.15) is 32.6 Å². The van der Waals surface area contributed by atoms with Gasteiger partial charge in [0.05, 0.1) is 0 Å². The Morgan fingerprint density at radius 3 is 2.42 bits per heavy atom. The van der Waals surface area contributed by atoms with Gasteiger partial charge in [-0.15, -0.1) is 24.0 Å². The molecule has 0 spiro atoms. The van der Waals surface area contributed by atoms with E-state index in [4.69, 9.17) is 10.7 Å². The number of halogens is 1. The van der Waals surface area contributed by atoms with Crippen LogP contribution >= 0.6 is 24.0 Å². The molecule has 2 fully saturated rings. The summed E-state index contributed by atoms with van der Waals surface area (Å²) in [5, 5.41) is 3.43. The number of aromatic nitrogens is 2. The number of piperidine rings is 1. The Labute approximate surface area is 202 Å². The summed E-state index contributed by atoms with van der Waals surface area (Å²) in [6.07, 6.45) is 7.59. The van der Waals surface area contributed by atoms with Gasteiger partial charge >= 0.3 is 0 Å². The van der Waals surface area contributed by atoms with Crippen LogP contribution < -0.4 is 16.0 Å². The van der Waals surface area contributed by atoms with Crippen molar-refractivity contribution in [1.82, 2.24) is 25.1 Å². The number of nitrogens with two attached hydrogens (primary N) is 1. The van der Waals surface area contributed by atoms with Crippen molar-refractivity contribution in [1.29, 1.82) is 0 Å². The zero-order chi connectivity index (χ0) is 21.2. The van der Waals surface area contributed by atoms with Crippen molar-refractivity contribution < 1.29 is 4.79 Å². The molecule has 0 aliphatic carbocycles. The number of primary amides is 1. The number of rotatable bonds is 8. The fourth-order valence-corrected chi connectivity index (χ4v) is 4.07. The molecule has 0 atom stereocenters. The maximum absolute atomic E-state index is 11.3. The third-order valence-electron chi connectivity index (χ3n) is 5.88. The maximum atomic E-state index is 11.3. The summed E-state index contributed by atoms with van der Waals surface area (Å²) in [4.78, 5) is 31.8. The van der Waals surface area contributed by atoms with Crippen LogP contribution in [-0.2, 0) is 4.79 Å². The fraction of sp³-hybridized carbons (Fsp3) is 0.714. The molecule has 0 radical (unpaired) electrons. The van der Waals surface area contributed by atoms with Crippen LogP contribution in [0.3, 0.4) is 0 Å². The van der Waals surface area contributed by atoms with Crippen molar-refractivity contribution >= 4 is 41.8 Å². The van der Waals surface area contributed by atoms with E-state index in [0.29, 0.717) is 0 Å². The number of nitrogens with zero attached hydrogens (tertiary/aromatic N) is 6.